The fourth-order valence-electron chi connectivity index (χ4n) is 7.74. The van der Waals surface area contributed by atoms with Gasteiger partial charge in [-0.3, -0.25) is 0 Å². The molecule has 0 saturated carbocycles. The first kappa shape index (κ1) is 26.0. The van der Waals surface area contributed by atoms with E-state index >= 15 is 0 Å². The minimum Gasteiger partial charge on any atom is -0.0622 e. The summed E-state index contributed by atoms with van der Waals surface area (Å²) in [7, 11) is 0. The van der Waals surface area contributed by atoms with E-state index in [2.05, 4.69) is 172 Å². The van der Waals surface area contributed by atoms with Gasteiger partial charge in [0.2, 0.25) is 0 Å². The molecule has 0 unspecified atom stereocenters. The lowest BCUT2D eigenvalue weighted by Crippen LogP contribution is -2.22. The minimum atomic E-state index is -0.121. The molecule has 0 spiro atoms. The summed E-state index contributed by atoms with van der Waals surface area (Å²) >= 11 is 0. The van der Waals surface area contributed by atoms with Crippen LogP contribution in [0.5, 0.6) is 0 Å². The second-order valence-corrected chi connectivity index (χ2v) is 12.9. The first-order valence-corrected chi connectivity index (χ1v) is 15.9. The molecular formula is C45H32. The van der Waals surface area contributed by atoms with Crippen molar-refractivity contribution in [1.29, 1.82) is 0 Å². The van der Waals surface area contributed by atoms with E-state index in [0.29, 0.717) is 0 Å². The predicted octanol–water partition coefficient (Wildman–Crippen LogP) is 12.5. The van der Waals surface area contributed by atoms with Crippen LogP contribution in [0.25, 0.3) is 76.8 Å². The molecular weight excluding hydrogens is 540 g/mol. The second-order valence-electron chi connectivity index (χ2n) is 12.9. The molecule has 212 valence electrons. The normalized spacial score (nSPS) is 13.3. The summed E-state index contributed by atoms with van der Waals surface area (Å²) in [4.78, 5) is 0. The summed E-state index contributed by atoms with van der Waals surface area (Å²) < 4.78 is 0. The summed E-state index contributed by atoms with van der Waals surface area (Å²) in [6.07, 6.45) is 0. The third-order valence-electron chi connectivity index (χ3n) is 10.1. The Morgan fingerprint density at radius 2 is 0.689 bits per heavy atom. The fraction of sp³-hybridized carbons (Fsp3) is 0.0667. The van der Waals surface area contributed by atoms with Gasteiger partial charge in [0, 0.05) is 5.41 Å². The quantitative estimate of drug-likeness (QED) is 0.184. The maximum Gasteiger partial charge on any atom is 0.0159 e. The minimum absolute atomic E-state index is 0.121. The molecule has 8 aromatic carbocycles. The van der Waals surface area contributed by atoms with Gasteiger partial charge in [0.1, 0.15) is 0 Å². The summed E-state index contributed by atoms with van der Waals surface area (Å²) in [5.74, 6) is 0. The van der Waals surface area contributed by atoms with Crippen LogP contribution < -0.4 is 0 Å². The molecule has 0 heterocycles. The highest BCUT2D eigenvalue weighted by Crippen LogP contribution is 2.51. The summed E-state index contributed by atoms with van der Waals surface area (Å²) in [6.45, 7) is 4.79. The van der Waals surface area contributed by atoms with Crippen LogP contribution in [0.15, 0.2) is 158 Å². The van der Waals surface area contributed by atoms with Gasteiger partial charge in [-0.05, 0) is 88.0 Å². The van der Waals surface area contributed by atoms with Gasteiger partial charge in [-0.2, -0.15) is 0 Å². The average molecular weight is 573 g/mol. The van der Waals surface area contributed by atoms with Gasteiger partial charge in [0.25, 0.3) is 0 Å². The molecule has 0 bridgehead atoms. The van der Waals surface area contributed by atoms with Crippen molar-refractivity contribution in [3.8, 4) is 44.5 Å². The van der Waals surface area contributed by atoms with Crippen LogP contribution in [-0.4, -0.2) is 0 Å². The molecule has 0 saturated heterocycles. The molecule has 9 rings (SSSR count). The van der Waals surface area contributed by atoms with Crippen LogP contribution in [0, 0.1) is 0 Å². The topological polar surface area (TPSA) is 0 Å². The molecule has 1 aliphatic rings. The molecule has 0 amide bonds. The van der Waals surface area contributed by atoms with E-state index in [4.69, 9.17) is 0 Å². The van der Waals surface area contributed by atoms with Crippen molar-refractivity contribution in [3.05, 3.63) is 169 Å². The third kappa shape index (κ3) is 3.92. The molecule has 0 N–H and O–H groups in total. The molecule has 8 aromatic rings. The Morgan fingerprint density at radius 3 is 1.11 bits per heavy atom. The van der Waals surface area contributed by atoms with E-state index in [1.54, 1.807) is 0 Å². The van der Waals surface area contributed by atoms with Gasteiger partial charge >= 0.3 is 0 Å². The van der Waals surface area contributed by atoms with Gasteiger partial charge in [-0.15, -0.1) is 0 Å². The highest BCUT2D eigenvalue weighted by Gasteiger charge is 2.33. The summed E-state index contributed by atoms with van der Waals surface area (Å²) in [5, 5.41) is 8.15. The van der Waals surface area contributed by atoms with Gasteiger partial charge in [0.05, 0.1) is 0 Å². The molecule has 0 radical (unpaired) electrons. The van der Waals surface area contributed by atoms with Crippen molar-refractivity contribution in [1.82, 2.24) is 0 Å². The maximum absolute atomic E-state index is 2.40. The Balaban J connectivity index is 1.26. The molecule has 0 aromatic heterocycles. The molecule has 45 heavy (non-hydrogen) atoms. The lowest BCUT2D eigenvalue weighted by atomic mass is 9.68. The number of benzene rings is 8. The van der Waals surface area contributed by atoms with Crippen LogP contribution in [-0.2, 0) is 5.41 Å². The Kier molecular flexibility index (Phi) is 5.64. The largest absolute Gasteiger partial charge is 0.0622 e. The number of hydrogen-bond donors (Lipinski definition) is 0. The molecule has 0 fully saturated rings. The molecule has 0 heteroatoms. The van der Waals surface area contributed by atoms with Gasteiger partial charge in [0.15, 0.2) is 0 Å². The molecule has 1 aliphatic carbocycles. The van der Waals surface area contributed by atoms with Crippen LogP contribution in [0.3, 0.4) is 0 Å². The predicted molar refractivity (Wildman–Crippen MR) is 193 cm³/mol. The highest BCUT2D eigenvalue weighted by molar-refractivity contribution is 6.27. The zero-order valence-electron chi connectivity index (χ0n) is 25.5. The number of rotatable bonds is 4. The van der Waals surface area contributed by atoms with E-state index in [1.165, 1.54) is 88.0 Å². The lowest BCUT2D eigenvalue weighted by molar-refractivity contribution is 0.652. The van der Waals surface area contributed by atoms with Gasteiger partial charge in [-0.1, -0.05) is 172 Å². The molecule has 0 aliphatic heterocycles. The maximum atomic E-state index is 2.40. The lowest BCUT2D eigenvalue weighted by Gasteiger charge is -2.35. The highest BCUT2D eigenvalue weighted by atomic mass is 14.4. The van der Waals surface area contributed by atoms with Crippen molar-refractivity contribution in [2.45, 2.75) is 19.3 Å². The van der Waals surface area contributed by atoms with Gasteiger partial charge < -0.3 is 0 Å². The zero-order valence-corrected chi connectivity index (χ0v) is 25.5. The van der Waals surface area contributed by atoms with E-state index in [9.17, 15) is 0 Å². The Hall–Kier alpha value is -5.46. The Morgan fingerprint density at radius 1 is 0.311 bits per heavy atom. The van der Waals surface area contributed by atoms with Crippen molar-refractivity contribution < 1.29 is 0 Å². The monoisotopic (exact) mass is 572 g/mol. The van der Waals surface area contributed by atoms with E-state index in [0.717, 1.165) is 0 Å². The second kappa shape index (κ2) is 9.78. The van der Waals surface area contributed by atoms with E-state index in [1.807, 2.05) is 0 Å². The van der Waals surface area contributed by atoms with Crippen molar-refractivity contribution >= 4 is 32.3 Å². The smallest absolute Gasteiger partial charge is 0.0159 e. The molecule has 0 nitrogen and oxygen atoms in total. The Bertz CT molecular complexity index is 2230. The van der Waals surface area contributed by atoms with E-state index < -0.39 is 0 Å². The van der Waals surface area contributed by atoms with Crippen LogP contribution in [0.4, 0.5) is 0 Å². The number of hydrogen-bond acceptors (Lipinski definition) is 0. The standard InChI is InChI=1S/C45H32/c1-45(2)40-27-25-36(33-17-13-31(14-18-33)29-9-5-3-6-10-29)38-23-21-35-22-24-39-37(26-28-41(45)44(39)42(35)43(38)40)34-19-15-32(16-20-34)30-11-7-4-8-12-30/h3-28H,1-2H3. The first-order chi connectivity index (χ1) is 22.1. The van der Waals surface area contributed by atoms with E-state index in [-0.39, 0.29) is 5.41 Å². The Labute approximate surface area is 264 Å². The zero-order chi connectivity index (χ0) is 30.1. The van der Waals surface area contributed by atoms with Crippen LogP contribution in [0.2, 0.25) is 0 Å². The van der Waals surface area contributed by atoms with Crippen LogP contribution >= 0.6 is 0 Å². The van der Waals surface area contributed by atoms with Crippen molar-refractivity contribution in [3.63, 3.8) is 0 Å². The summed E-state index contributed by atoms with van der Waals surface area (Å²) in [5.41, 5.74) is 12.8. The SMILES string of the molecule is CC1(C)c2ccc(-c3ccc(-c4ccccc4)cc3)c3ccc4ccc5c(-c6ccc(-c7ccccc7)cc6)ccc1c5c4c23. The average Bonchev–Trinajstić information content (AvgIpc) is 3.10. The fourth-order valence-corrected chi connectivity index (χ4v) is 7.74. The van der Waals surface area contributed by atoms with Crippen molar-refractivity contribution in [2.75, 3.05) is 0 Å². The molecule has 0 atom stereocenters. The van der Waals surface area contributed by atoms with Gasteiger partial charge in [-0.25, -0.2) is 0 Å². The van der Waals surface area contributed by atoms with Crippen LogP contribution in [0.1, 0.15) is 25.0 Å². The third-order valence-corrected chi connectivity index (χ3v) is 10.1. The van der Waals surface area contributed by atoms with Crippen molar-refractivity contribution in [2.24, 2.45) is 0 Å². The summed E-state index contributed by atoms with van der Waals surface area (Å²) in [6, 6.07) is 58.2. The first-order valence-electron chi connectivity index (χ1n) is 15.9.